The first kappa shape index (κ1) is 14.9. The maximum Gasteiger partial charge on any atom is 0.155 e. The van der Waals surface area contributed by atoms with Crippen LogP contribution >= 0.6 is 0 Å². The molecule has 22 heavy (non-hydrogen) atoms. The molecule has 0 aliphatic heterocycles. The summed E-state index contributed by atoms with van der Waals surface area (Å²) < 4.78 is 0. The molecule has 0 aromatic heterocycles. The third-order valence-electron chi connectivity index (χ3n) is 7.89. The number of carbonyl (C=O) groups excluding carboxylic acids is 1. The number of aliphatic hydroxyl groups excluding tert-OH is 1. The largest absolute Gasteiger partial charge is 0.393 e. The Kier molecular flexibility index (Phi) is 3.35. The van der Waals surface area contributed by atoms with Crippen LogP contribution in [0.15, 0.2) is 11.6 Å². The number of hydrogen-bond acceptors (Lipinski definition) is 2. The molecule has 0 bridgehead atoms. The van der Waals surface area contributed by atoms with Crippen molar-refractivity contribution in [3.8, 4) is 0 Å². The molecule has 2 heteroatoms. The molecule has 3 fully saturated rings. The fraction of sp³-hybridized carbons (Fsp3) is 0.850. The predicted octanol–water partition coefficient (Wildman–Crippen LogP) is 3.98. The number of hydrogen-bond donors (Lipinski definition) is 1. The van der Waals surface area contributed by atoms with E-state index in [4.69, 9.17) is 0 Å². The number of rotatable bonds is 0. The molecule has 3 unspecified atom stereocenters. The van der Waals surface area contributed by atoms with Gasteiger partial charge in [-0.15, -0.1) is 0 Å². The Morgan fingerprint density at radius 2 is 1.91 bits per heavy atom. The van der Waals surface area contributed by atoms with Crippen LogP contribution in [0.4, 0.5) is 0 Å². The van der Waals surface area contributed by atoms with Gasteiger partial charge in [0.15, 0.2) is 5.78 Å². The summed E-state index contributed by atoms with van der Waals surface area (Å²) >= 11 is 0. The molecule has 4 rings (SSSR count). The molecule has 0 spiro atoms. The van der Waals surface area contributed by atoms with Gasteiger partial charge in [0.05, 0.1) is 6.10 Å². The van der Waals surface area contributed by atoms with E-state index in [1.807, 2.05) is 6.08 Å². The van der Waals surface area contributed by atoms with E-state index in [0.717, 1.165) is 37.5 Å². The molecule has 0 aromatic carbocycles. The van der Waals surface area contributed by atoms with E-state index in [2.05, 4.69) is 20.8 Å². The van der Waals surface area contributed by atoms with Crippen molar-refractivity contribution in [3.05, 3.63) is 11.6 Å². The van der Waals surface area contributed by atoms with E-state index >= 15 is 0 Å². The normalized spacial score (nSPS) is 54.3. The number of carbonyl (C=O) groups is 1. The second kappa shape index (κ2) is 4.93. The van der Waals surface area contributed by atoms with Gasteiger partial charge in [-0.05, 0) is 79.1 Å². The van der Waals surface area contributed by atoms with Crippen LogP contribution in [0.25, 0.3) is 0 Å². The monoisotopic (exact) mass is 302 g/mol. The topological polar surface area (TPSA) is 37.3 Å². The first-order chi connectivity index (χ1) is 10.4. The molecular formula is C20H30O2. The van der Waals surface area contributed by atoms with E-state index in [1.165, 1.54) is 18.4 Å². The predicted molar refractivity (Wildman–Crippen MR) is 87.2 cm³/mol. The minimum Gasteiger partial charge on any atom is -0.393 e. The Bertz CT molecular complexity index is 522. The standard InChI is InChI=1S/C20H30O2/c1-11-8-13-9-14(21)4-5-15(13)18-12(2)10-20(3)16(19(11)18)6-7-17(20)22/h9,11-12,15-19,22H,4-8,10H2,1-3H3/t11-,12+,15+,16?,17+,18?,19?,20+/m1/s1. The maximum absolute atomic E-state index is 11.8. The molecule has 0 heterocycles. The summed E-state index contributed by atoms with van der Waals surface area (Å²) in [6, 6.07) is 0. The zero-order chi connectivity index (χ0) is 15.6. The van der Waals surface area contributed by atoms with Gasteiger partial charge in [-0.3, -0.25) is 4.79 Å². The second-order valence-corrected chi connectivity index (χ2v) is 9.05. The zero-order valence-corrected chi connectivity index (χ0v) is 14.2. The molecule has 1 N–H and O–H groups in total. The fourth-order valence-electron chi connectivity index (χ4n) is 7.11. The second-order valence-electron chi connectivity index (χ2n) is 9.05. The van der Waals surface area contributed by atoms with Crippen LogP contribution < -0.4 is 0 Å². The third-order valence-corrected chi connectivity index (χ3v) is 7.89. The van der Waals surface area contributed by atoms with Crippen molar-refractivity contribution < 1.29 is 9.90 Å². The van der Waals surface area contributed by atoms with E-state index in [1.54, 1.807) is 0 Å². The molecule has 0 aromatic rings. The molecule has 4 aliphatic rings. The van der Waals surface area contributed by atoms with Gasteiger partial charge in [-0.25, -0.2) is 0 Å². The van der Waals surface area contributed by atoms with Gasteiger partial charge in [-0.2, -0.15) is 0 Å². The number of allylic oxidation sites excluding steroid dienone is 1. The highest BCUT2D eigenvalue weighted by atomic mass is 16.3. The SMILES string of the molecule is C[C@@H]1CC2=CC(=O)CC[C@@H]2C2C1C1CC[C@H](O)[C@@]1(C)C[C@@H]2C. The molecule has 0 amide bonds. The van der Waals surface area contributed by atoms with Gasteiger partial charge in [0.25, 0.3) is 0 Å². The highest BCUT2D eigenvalue weighted by molar-refractivity contribution is 5.91. The van der Waals surface area contributed by atoms with Crippen molar-refractivity contribution in [2.24, 2.45) is 40.9 Å². The number of aliphatic hydroxyl groups is 1. The summed E-state index contributed by atoms with van der Waals surface area (Å²) in [5.41, 5.74) is 1.60. The average Bonchev–Trinajstić information content (AvgIpc) is 2.74. The molecule has 0 radical (unpaired) electrons. The summed E-state index contributed by atoms with van der Waals surface area (Å²) in [4.78, 5) is 11.8. The Hall–Kier alpha value is -0.630. The quantitative estimate of drug-likeness (QED) is 0.735. The summed E-state index contributed by atoms with van der Waals surface area (Å²) in [6.07, 6.45) is 8.22. The number of ketones is 1. The van der Waals surface area contributed by atoms with Crippen molar-refractivity contribution in [2.45, 2.75) is 65.4 Å². The van der Waals surface area contributed by atoms with E-state index in [0.29, 0.717) is 29.5 Å². The van der Waals surface area contributed by atoms with Gasteiger partial charge in [-0.1, -0.05) is 26.3 Å². The van der Waals surface area contributed by atoms with Crippen molar-refractivity contribution in [2.75, 3.05) is 0 Å². The van der Waals surface area contributed by atoms with E-state index in [9.17, 15) is 9.90 Å². The van der Waals surface area contributed by atoms with Gasteiger partial charge >= 0.3 is 0 Å². The highest BCUT2D eigenvalue weighted by Crippen LogP contribution is 2.64. The molecule has 4 aliphatic carbocycles. The Morgan fingerprint density at radius 1 is 1.14 bits per heavy atom. The van der Waals surface area contributed by atoms with Crippen LogP contribution in [-0.2, 0) is 4.79 Å². The van der Waals surface area contributed by atoms with Gasteiger partial charge in [0, 0.05) is 6.42 Å². The number of fused-ring (bicyclic) bond motifs is 5. The van der Waals surface area contributed by atoms with Gasteiger partial charge in [0.1, 0.15) is 0 Å². The third kappa shape index (κ3) is 1.92. The molecule has 8 atom stereocenters. The highest BCUT2D eigenvalue weighted by Gasteiger charge is 2.59. The van der Waals surface area contributed by atoms with Crippen LogP contribution in [0.3, 0.4) is 0 Å². The lowest BCUT2D eigenvalue weighted by Gasteiger charge is -2.58. The molecule has 3 saturated carbocycles. The summed E-state index contributed by atoms with van der Waals surface area (Å²) in [5, 5.41) is 10.6. The van der Waals surface area contributed by atoms with Crippen molar-refractivity contribution in [1.29, 1.82) is 0 Å². The molecular weight excluding hydrogens is 272 g/mol. The van der Waals surface area contributed by atoms with Crippen molar-refractivity contribution in [1.82, 2.24) is 0 Å². The average molecular weight is 302 g/mol. The molecule has 0 saturated heterocycles. The van der Waals surface area contributed by atoms with Crippen LogP contribution in [0.2, 0.25) is 0 Å². The lowest BCUT2D eigenvalue weighted by atomic mass is 9.47. The zero-order valence-electron chi connectivity index (χ0n) is 14.2. The lowest BCUT2D eigenvalue weighted by molar-refractivity contribution is -0.118. The Morgan fingerprint density at radius 3 is 2.68 bits per heavy atom. The smallest absolute Gasteiger partial charge is 0.155 e. The first-order valence-electron chi connectivity index (χ1n) is 9.33. The Balaban J connectivity index is 1.73. The maximum atomic E-state index is 11.8. The van der Waals surface area contributed by atoms with Crippen LogP contribution in [0, 0.1) is 40.9 Å². The lowest BCUT2D eigenvalue weighted by Crippen LogP contribution is -2.53. The van der Waals surface area contributed by atoms with E-state index < -0.39 is 0 Å². The summed E-state index contributed by atoms with van der Waals surface area (Å²) in [7, 11) is 0. The first-order valence-corrected chi connectivity index (χ1v) is 9.33. The molecule has 2 nitrogen and oxygen atoms in total. The van der Waals surface area contributed by atoms with Crippen molar-refractivity contribution in [3.63, 3.8) is 0 Å². The fourth-order valence-corrected chi connectivity index (χ4v) is 7.11. The Labute approximate surface area is 134 Å². The van der Waals surface area contributed by atoms with Crippen LogP contribution in [0.1, 0.15) is 59.3 Å². The summed E-state index contributed by atoms with van der Waals surface area (Å²) in [6.45, 7) is 7.16. The van der Waals surface area contributed by atoms with Gasteiger partial charge < -0.3 is 5.11 Å². The van der Waals surface area contributed by atoms with E-state index in [-0.39, 0.29) is 11.5 Å². The minimum absolute atomic E-state index is 0.0991. The minimum atomic E-state index is -0.0991. The van der Waals surface area contributed by atoms with Crippen molar-refractivity contribution >= 4 is 5.78 Å². The van der Waals surface area contributed by atoms with Crippen LogP contribution in [-0.4, -0.2) is 17.0 Å². The van der Waals surface area contributed by atoms with Crippen LogP contribution in [0.5, 0.6) is 0 Å². The molecule has 122 valence electrons. The summed E-state index contributed by atoms with van der Waals surface area (Å²) in [5.74, 6) is 4.52. The van der Waals surface area contributed by atoms with Gasteiger partial charge in [0.2, 0.25) is 0 Å².